The molecule has 0 atom stereocenters. The molecule has 0 aliphatic carbocycles. The number of nitrogens with zero attached hydrogens (tertiary/aromatic N) is 4. The number of pyridine rings is 1. The summed E-state index contributed by atoms with van der Waals surface area (Å²) in [4.78, 5) is 14.4. The number of anilines is 1. The van der Waals surface area contributed by atoms with Gasteiger partial charge in [0.25, 0.3) is 0 Å². The first-order valence-corrected chi connectivity index (χ1v) is 9.35. The highest BCUT2D eigenvalue weighted by Crippen LogP contribution is 2.29. The second kappa shape index (κ2) is 6.87. The van der Waals surface area contributed by atoms with Gasteiger partial charge in [-0.15, -0.1) is 0 Å². The Kier molecular flexibility index (Phi) is 4.45. The van der Waals surface area contributed by atoms with E-state index in [1.807, 2.05) is 0 Å². The van der Waals surface area contributed by atoms with Crippen molar-refractivity contribution in [3.63, 3.8) is 0 Å². The standard InChI is InChI=1S/C19H22N4S/c1-15-6-4-7-16(20-15)14-22-10-5-11-23(13-12-22)19-21-17-8-2-3-9-18(17)24-19/h2-4,6-9H,5,10-14H2,1H3. The molecule has 24 heavy (non-hydrogen) atoms. The van der Waals surface area contributed by atoms with E-state index in [-0.39, 0.29) is 0 Å². The molecule has 3 aromatic rings. The van der Waals surface area contributed by atoms with Crippen molar-refractivity contribution in [1.82, 2.24) is 14.9 Å². The van der Waals surface area contributed by atoms with Gasteiger partial charge in [0.2, 0.25) is 0 Å². The number of para-hydroxylation sites is 1. The number of rotatable bonds is 3. The maximum atomic E-state index is 4.81. The van der Waals surface area contributed by atoms with Crippen LogP contribution in [0.1, 0.15) is 17.8 Å². The minimum atomic E-state index is 0.940. The van der Waals surface area contributed by atoms with Crippen LogP contribution in [-0.2, 0) is 6.54 Å². The van der Waals surface area contributed by atoms with Crippen LogP contribution in [0.3, 0.4) is 0 Å². The maximum absolute atomic E-state index is 4.81. The molecule has 1 fully saturated rings. The summed E-state index contributed by atoms with van der Waals surface area (Å²) in [7, 11) is 0. The van der Waals surface area contributed by atoms with E-state index in [0.717, 1.165) is 49.1 Å². The molecule has 124 valence electrons. The van der Waals surface area contributed by atoms with Crippen molar-refractivity contribution in [3.8, 4) is 0 Å². The first kappa shape index (κ1) is 15.5. The third-order valence-electron chi connectivity index (χ3n) is 4.47. The molecule has 3 heterocycles. The summed E-state index contributed by atoms with van der Waals surface area (Å²) in [6, 6.07) is 14.7. The molecule has 4 nitrogen and oxygen atoms in total. The fraction of sp³-hybridized carbons (Fsp3) is 0.368. The molecular weight excluding hydrogens is 316 g/mol. The third kappa shape index (κ3) is 3.42. The number of aryl methyl sites for hydroxylation is 1. The molecule has 0 saturated carbocycles. The van der Waals surface area contributed by atoms with Gasteiger partial charge in [-0.05, 0) is 37.6 Å². The monoisotopic (exact) mass is 338 g/mol. The van der Waals surface area contributed by atoms with E-state index < -0.39 is 0 Å². The van der Waals surface area contributed by atoms with Gasteiger partial charge in [-0.3, -0.25) is 9.88 Å². The minimum absolute atomic E-state index is 0.940. The van der Waals surface area contributed by atoms with Crippen LogP contribution in [0.2, 0.25) is 0 Å². The van der Waals surface area contributed by atoms with Gasteiger partial charge in [0, 0.05) is 38.4 Å². The van der Waals surface area contributed by atoms with Gasteiger partial charge < -0.3 is 4.90 Å². The number of thiazole rings is 1. The van der Waals surface area contributed by atoms with Crippen LogP contribution in [0.4, 0.5) is 5.13 Å². The summed E-state index contributed by atoms with van der Waals surface area (Å²) in [5.74, 6) is 0. The largest absolute Gasteiger partial charge is 0.347 e. The van der Waals surface area contributed by atoms with Crippen molar-refractivity contribution < 1.29 is 0 Å². The van der Waals surface area contributed by atoms with Gasteiger partial charge in [0.1, 0.15) is 0 Å². The minimum Gasteiger partial charge on any atom is -0.347 e. The lowest BCUT2D eigenvalue weighted by atomic mass is 10.3. The van der Waals surface area contributed by atoms with E-state index in [2.05, 4.69) is 64.2 Å². The third-order valence-corrected chi connectivity index (χ3v) is 5.57. The van der Waals surface area contributed by atoms with Crippen LogP contribution in [0, 0.1) is 6.92 Å². The molecule has 0 N–H and O–H groups in total. The fourth-order valence-corrected chi connectivity index (χ4v) is 4.25. The Hall–Kier alpha value is -1.98. The molecule has 5 heteroatoms. The molecule has 2 aromatic heterocycles. The summed E-state index contributed by atoms with van der Waals surface area (Å²) in [5.41, 5.74) is 3.38. The average molecular weight is 338 g/mol. The highest BCUT2D eigenvalue weighted by molar-refractivity contribution is 7.22. The van der Waals surface area contributed by atoms with Crippen LogP contribution in [0.15, 0.2) is 42.5 Å². The lowest BCUT2D eigenvalue weighted by Gasteiger charge is -2.21. The SMILES string of the molecule is Cc1cccc(CN2CCCN(c3nc4ccccc4s3)CC2)n1. The van der Waals surface area contributed by atoms with E-state index >= 15 is 0 Å². The van der Waals surface area contributed by atoms with Crippen LogP contribution in [-0.4, -0.2) is 41.0 Å². The number of aromatic nitrogens is 2. The molecule has 0 unspecified atom stereocenters. The van der Waals surface area contributed by atoms with Gasteiger partial charge >= 0.3 is 0 Å². The normalized spacial score (nSPS) is 16.5. The van der Waals surface area contributed by atoms with Crippen LogP contribution < -0.4 is 4.90 Å². The van der Waals surface area contributed by atoms with Gasteiger partial charge in [-0.25, -0.2) is 4.98 Å². The second-order valence-corrected chi connectivity index (χ2v) is 7.36. The van der Waals surface area contributed by atoms with Gasteiger partial charge in [-0.2, -0.15) is 0 Å². The van der Waals surface area contributed by atoms with Gasteiger partial charge in [0.05, 0.1) is 15.9 Å². The summed E-state index contributed by atoms with van der Waals surface area (Å²) in [6.45, 7) is 7.29. The zero-order valence-electron chi connectivity index (χ0n) is 14.0. The fourth-order valence-electron chi connectivity index (χ4n) is 3.23. The van der Waals surface area contributed by atoms with Crippen LogP contribution in [0.5, 0.6) is 0 Å². The van der Waals surface area contributed by atoms with Gasteiger partial charge in [0.15, 0.2) is 5.13 Å². The molecular formula is C19H22N4S. The maximum Gasteiger partial charge on any atom is 0.186 e. The Bertz CT molecular complexity index is 796. The lowest BCUT2D eigenvalue weighted by Crippen LogP contribution is -2.30. The molecule has 0 spiro atoms. The molecule has 1 aliphatic rings. The Morgan fingerprint density at radius 2 is 1.88 bits per heavy atom. The second-order valence-electron chi connectivity index (χ2n) is 6.35. The quantitative estimate of drug-likeness (QED) is 0.729. The zero-order chi connectivity index (χ0) is 16.4. The summed E-state index contributed by atoms with van der Waals surface area (Å²) in [6.07, 6.45) is 1.17. The summed E-state index contributed by atoms with van der Waals surface area (Å²) >= 11 is 1.80. The summed E-state index contributed by atoms with van der Waals surface area (Å²) < 4.78 is 1.28. The zero-order valence-corrected chi connectivity index (χ0v) is 14.8. The lowest BCUT2D eigenvalue weighted by molar-refractivity contribution is 0.282. The molecule has 0 amide bonds. The van der Waals surface area contributed by atoms with Crippen LogP contribution >= 0.6 is 11.3 Å². The van der Waals surface area contributed by atoms with E-state index in [9.17, 15) is 0 Å². The average Bonchev–Trinajstić information content (AvgIpc) is 2.88. The van der Waals surface area contributed by atoms with Gasteiger partial charge in [-0.1, -0.05) is 29.5 Å². The number of benzene rings is 1. The first-order valence-electron chi connectivity index (χ1n) is 8.53. The Morgan fingerprint density at radius 3 is 2.75 bits per heavy atom. The van der Waals surface area contributed by atoms with Crippen molar-refractivity contribution in [3.05, 3.63) is 53.9 Å². The number of fused-ring (bicyclic) bond motifs is 1. The Morgan fingerprint density at radius 1 is 0.958 bits per heavy atom. The van der Waals surface area contributed by atoms with Crippen molar-refractivity contribution in [2.45, 2.75) is 19.9 Å². The topological polar surface area (TPSA) is 32.3 Å². The predicted molar refractivity (Wildman–Crippen MR) is 101 cm³/mol. The molecule has 1 aromatic carbocycles. The smallest absolute Gasteiger partial charge is 0.186 e. The number of hydrogen-bond donors (Lipinski definition) is 0. The summed E-state index contributed by atoms with van der Waals surface area (Å²) in [5, 5.41) is 1.16. The molecule has 1 saturated heterocycles. The highest BCUT2D eigenvalue weighted by Gasteiger charge is 2.18. The van der Waals surface area contributed by atoms with Crippen molar-refractivity contribution in [2.75, 3.05) is 31.1 Å². The molecule has 1 aliphatic heterocycles. The van der Waals surface area contributed by atoms with Crippen LogP contribution in [0.25, 0.3) is 10.2 Å². The first-order chi connectivity index (χ1) is 11.8. The highest BCUT2D eigenvalue weighted by atomic mass is 32.1. The van der Waals surface area contributed by atoms with E-state index in [4.69, 9.17) is 4.98 Å². The van der Waals surface area contributed by atoms with Crippen molar-refractivity contribution in [2.24, 2.45) is 0 Å². The van der Waals surface area contributed by atoms with Crippen molar-refractivity contribution in [1.29, 1.82) is 0 Å². The Labute approximate surface area is 146 Å². The van der Waals surface area contributed by atoms with Crippen molar-refractivity contribution >= 4 is 26.7 Å². The van der Waals surface area contributed by atoms with E-state index in [1.165, 1.54) is 16.8 Å². The molecule has 0 radical (unpaired) electrons. The molecule has 0 bridgehead atoms. The predicted octanol–water partition coefficient (Wildman–Crippen LogP) is 3.71. The van der Waals surface area contributed by atoms with E-state index in [1.54, 1.807) is 11.3 Å². The number of hydrogen-bond acceptors (Lipinski definition) is 5. The van der Waals surface area contributed by atoms with E-state index in [0.29, 0.717) is 0 Å². The molecule has 4 rings (SSSR count). The Balaban J connectivity index is 1.44.